The largest absolute Gasteiger partial charge is 0.284 e. The summed E-state index contributed by atoms with van der Waals surface area (Å²) in [6.45, 7) is 2.08. The first-order valence-electron chi connectivity index (χ1n) is 6.50. The second-order valence-electron chi connectivity index (χ2n) is 4.92. The van der Waals surface area contributed by atoms with E-state index in [1.165, 1.54) is 10.4 Å². The second-order valence-corrected chi connectivity index (χ2v) is 8.44. The lowest BCUT2D eigenvalue weighted by atomic mass is 10.1. The summed E-state index contributed by atoms with van der Waals surface area (Å²) in [6, 6.07) is 9.31. The summed E-state index contributed by atoms with van der Waals surface area (Å²) in [5.74, 6) is 0. The van der Waals surface area contributed by atoms with Gasteiger partial charge in [-0.25, -0.2) is 13.4 Å². The Bertz CT molecular complexity index is 893. The highest BCUT2D eigenvalue weighted by Gasteiger charge is 2.10. The molecule has 2 heterocycles. The van der Waals surface area contributed by atoms with Crippen LogP contribution < -0.4 is 4.72 Å². The Balaban J connectivity index is 1.86. The molecule has 1 N–H and O–H groups in total. The molecule has 114 valence electrons. The van der Waals surface area contributed by atoms with Crippen LogP contribution >= 0.6 is 22.7 Å². The fraction of sp³-hybridized carbons (Fsp3) is 0.133. The third-order valence-corrected chi connectivity index (χ3v) is 5.66. The van der Waals surface area contributed by atoms with Crippen LogP contribution in [0.4, 0.5) is 5.69 Å². The lowest BCUT2D eigenvalue weighted by Crippen LogP contribution is -2.09. The molecule has 0 aliphatic rings. The van der Waals surface area contributed by atoms with Gasteiger partial charge in [0.1, 0.15) is 5.01 Å². The lowest BCUT2D eigenvalue weighted by molar-refractivity contribution is 0.607. The van der Waals surface area contributed by atoms with Crippen LogP contribution in [0.25, 0.3) is 21.1 Å². The predicted octanol–water partition coefficient (Wildman–Crippen LogP) is 4.22. The van der Waals surface area contributed by atoms with Gasteiger partial charge >= 0.3 is 0 Å². The maximum atomic E-state index is 11.2. The van der Waals surface area contributed by atoms with Gasteiger partial charge in [-0.05, 0) is 36.1 Å². The fourth-order valence-corrected chi connectivity index (χ4v) is 4.52. The van der Waals surface area contributed by atoms with Crippen molar-refractivity contribution in [2.75, 3.05) is 11.0 Å². The van der Waals surface area contributed by atoms with Crippen LogP contribution in [0, 0.1) is 6.92 Å². The number of thiazole rings is 1. The van der Waals surface area contributed by atoms with Crippen molar-refractivity contribution < 1.29 is 8.42 Å². The van der Waals surface area contributed by atoms with Gasteiger partial charge in [0.2, 0.25) is 10.0 Å². The highest BCUT2D eigenvalue weighted by atomic mass is 32.2. The van der Waals surface area contributed by atoms with Crippen molar-refractivity contribution in [1.29, 1.82) is 0 Å². The molecule has 0 bridgehead atoms. The van der Waals surface area contributed by atoms with Crippen LogP contribution in [0.15, 0.2) is 41.1 Å². The van der Waals surface area contributed by atoms with Crippen LogP contribution in [0.3, 0.4) is 0 Å². The standard InChI is InChI=1S/C15H14N2O2S3/c1-10-7-8-20-14(10)15-16-13(9-21-15)11-3-5-12(6-4-11)17-22(2,18)19/h3-9,17H,1-2H3. The van der Waals surface area contributed by atoms with E-state index < -0.39 is 10.0 Å². The summed E-state index contributed by atoms with van der Waals surface area (Å²) in [6.07, 6.45) is 1.14. The summed E-state index contributed by atoms with van der Waals surface area (Å²) in [7, 11) is -3.25. The van der Waals surface area contributed by atoms with Crippen LogP contribution in [0.5, 0.6) is 0 Å². The Morgan fingerprint density at radius 1 is 1.09 bits per heavy atom. The second kappa shape index (κ2) is 5.83. The van der Waals surface area contributed by atoms with Crippen molar-refractivity contribution in [1.82, 2.24) is 4.98 Å². The van der Waals surface area contributed by atoms with E-state index >= 15 is 0 Å². The van der Waals surface area contributed by atoms with Crippen molar-refractivity contribution in [2.45, 2.75) is 6.92 Å². The predicted molar refractivity (Wildman–Crippen MR) is 94.1 cm³/mol. The first kappa shape index (κ1) is 15.2. The highest BCUT2D eigenvalue weighted by molar-refractivity contribution is 7.92. The molecule has 0 saturated heterocycles. The average molecular weight is 350 g/mol. The molecular formula is C15H14N2O2S3. The Morgan fingerprint density at radius 2 is 1.82 bits per heavy atom. The van der Waals surface area contributed by atoms with E-state index in [9.17, 15) is 8.42 Å². The molecule has 0 amide bonds. The number of nitrogens with zero attached hydrogens (tertiary/aromatic N) is 1. The third-order valence-electron chi connectivity index (χ3n) is 3.04. The van der Waals surface area contributed by atoms with Crippen LogP contribution in [-0.4, -0.2) is 19.7 Å². The fourth-order valence-electron chi connectivity index (χ4n) is 2.03. The number of hydrogen-bond donors (Lipinski definition) is 1. The summed E-state index contributed by atoms with van der Waals surface area (Å²) in [5, 5.41) is 5.10. The summed E-state index contributed by atoms with van der Waals surface area (Å²) in [5.41, 5.74) is 3.66. The number of anilines is 1. The number of nitrogens with one attached hydrogen (secondary N) is 1. The number of rotatable bonds is 4. The van der Waals surface area contributed by atoms with Gasteiger partial charge in [-0.1, -0.05) is 12.1 Å². The number of aromatic nitrogens is 1. The third kappa shape index (κ3) is 3.37. The summed E-state index contributed by atoms with van der Waals surface area (Å²) < 4.78 is 24.9. The maximum absolute atomic E-state index is 11.2. The molecule has 0 unspecified atom stereocenters. The molecule has 7 heteroatoms. The molecule has 0 aliphatic carbocycles. The van der Waals surface area contributed by atoms with Crippen molar-refractivity contribution in [3.05, 3.63) is 46.7 Å². The van der Waals surface area contributed by atoms with Gasteiger partial charge < -0.3 is 0 Å². The van der Waals surface area contributed by atoms with E-state index in [-0.39, 0.29) is 0 Å². The zero-order valence-corrected chi connectivity index (χ0v) is 14.5. The first-order valence-corrected chi connectivity index (χ1v) is 10.2. The van der Waals surface area contributed by atoms with Gasteiger partial charge in [-0.3, -0.25) is 4.72 Å². The number of thiophene rings is 1. The smallest absolute Gasteiger partial charge is 0.229 e. The van der Waals surface area contributed by atoms with E-state index in [1.807, 2.05) is 17.5 Å². The molecule has 0 fully saturated rings. The Labute approximate surface area is 137 Å². The van der Waals surface area contributed by atoms with Crippen molar-refractivity contribution in [2.24, 2.45) is 0 Å². The molecule has 4 nitrogen and oxygen atoms in total. The van der Waals surface area contributed by atoms with E-state index in [0.717, 1.165) is 22.5 Å². The Morgan fingerprint density at radius 3 is 2.41 bits per heavy atom. The molecule has 0 saturated carbocycles. The Kier molecular flexibility index (Phi) is 4.03. The number of benzene rings is 1. The molecule has 22 heavy (non-hydrogen) atoms. The van der Waals surface area contributed by atoms with E-state index in [2.05, 4.69) is 28.1 Å². The van der Waals surface area contributed by atoms with Crippen LogP contribution in [0.2, 0.25) is 0 Å². The normalized spacial score (nSPS) is 11.5. The molecule has 2 aromatic heterocycles. The minimum absolute atomic E-state index is 0.552. The quantitative estimate of drug-likeness (QED) is 0.766. The van der Waals surface area contributed by atoms with Crippen LogP contribution in [0.1, 0.15) is 5.56 Å². The molecular weight excluding hydrogens is 336 g/mol. The van der Waals surface area contributed by atoms with E-state index in [1.54, 1.807) is 34.8 Å². The molecule has 0 atom stereocenters. The molecule has 3 aromatic rings. The van der Waals surface area contributed by atoms with Gasteiger partial charge in [0.15, 0.2) is 0 Å². The zero-order valence-electron chi connectivity index (χ0n) is 12.0. The lowest BCUT2D eigenvalue weighted by Gasteiger charge is -2.04. The minimum atomic E-state index is -3.25. The number of aryl methyl sites for hydroxylation is 1. The summed E-state index contributed by atoms with van der Waals surface area (Å²) >= 11 is 3.31. The van der Waals surface area contributed by atoms with Crippen molar-refractivity contribution in [3.63, 3.8) is 0 Å². The molecule has 1 aromatic carbocycles. The van der Waals surface area contributed by atoms with E-state index in [4.69, 9.17) is 0 Å². The zero-order chi connectivity index (χ0) is 15.7. The number of hydrogen-bond acceptors (Lipinski definition) is 5. The molecule has 0 spiro atoms. The van der Waals surface area contributed by atoms with E-state index in [0.29, 0.717) is 5.69 Å². The summed E-state index contributed by atoms with van der Waals surface area (Å²) in [4.78, 5) is 5.88. The van der Waals surface area contributed by atoms with Gasteiger partial charge in [0.25, 0.3) is 0 Å². The SMILES string of the molecule is Cc1ccsc1-c1nc(-c2ccc(NS(C)(=O)=O)cc2)cs1. The first-order chi connectivity index (χ1) is 10.4. The highest BCUT2D eigenvalue weighted by Crippen LogP contribution is 2.34. The van der Waals surface area contributed by atoms with Gasteiger partial charge in [0.05, 0.1) is 16.8 Å². The van der Waals surface area contributed by atoms with Crippen LogP contribution in [-0.2, 0) is 10.0 Å². The van der Waals surface area contributed by atoms with Crippen molar-refractivity contribution in [3.8, 4) is 21.1 Å². The Hall–Kier alpha value is -1.70. The van der Waals surface area contributed by atoms with Gasteiger partial charge in [-0.15, -0.1) is 22.7 Å². The minimum Gasteiger partial charge on any atom is -0.284 e. The maximum Gasteiger partial charge on any atom is 0.229 e. The van der Waals surface area contributed by atoms with Gasteiger partial charge in [-0.2, -0.15) is 0 Å². The topological polar surface area (TPSA) is 59.1 Å². The average Bonchev–Trinajstić information content (AvgIpc) is 3.06. The van der Waals surface area contributed by atoms with Gasteiger partial charge in [0, 0.05) is 16.6 Å². The molecule has 0 aliphatic heterocycles. The monoisotopic (exact) mass is 350 g/mol. The number of sulfonamides is 1. The molecule has 3 rings (SSSR count). The molecule has 0 radical (unpaired) electrons. The van der Waals surface area contributed by atoms with Crippen molar-refractivity contribution >= 4 is 38.4 Å².